The number of halogens is 3. The van der Waals surface area contributed by atoms with E-state index in [-0.39, 0.29) is 5.56 Å². The van der Waals surface area contributed by atoms with Crippen LogP contribution in [-0.2, 0) is 10.3 Å². The van der Waals surface area contributed by atoms with E-state index in [0.29, 0.717) is 10.5 Å². The van der Waals surface area contributed by atoms with Crippen molar-refractivity contribution in [3.8, 4) is 0 Å². The molecular formula is C18H13BrF2N2O3. The molecule has 1 atom stereocenters. The summed E-state index contributed by atoms with van der Waals surface area (Å²) in [7, 11) is 0. The summed E-state index contributed by atoms with van der Waals surface area (Å²) in [6, 6.07) is 8.23. The number of imide groups is 1. The Balaban J connectivity index is 1.88. The number of carbonyl (C=O) groups is 3. The number of nitrogens with zero attached hydrogens (tertiary/aromatic N) is 1. The van der Waals surface area contributed by atoms with Crippen molar-refractivity contribution in [1.82, 2.24) is 10.2 Å². The van der Waals surface area contributed by atoms with E-state index in [0.717, 1.165) is 22.7 Å². The Labute approximate surface area is 156 Å². The Kier molecular flexibility index (Phi) is 4.62. The molecule has 1 N–H and O–H groups in total. The molecule has 3 amide bonds. The first-order valence-electron chi connectivity index (χ1n) is 7.61. The van der Waals surface area contributed by atoms with Gasteiger partial charge in [-0.15, -0.1) is 0 Å². The first-order chi connectivity index (χ1) is 12.2. The second kappa shape index (κ2) is 6.60. The fourth-order valence-electron chi connectivity index (χ4n) is 2.77. The maximum atomic E-state index is 14.1. The van der Waals surface area contributed by atoms with E-state index in [2.05, 4.69) is 21.2 Å². The summed E-state index contributed by atoms with van der Waals surface area (Å²) >= 11 is 3.25. The number of urea groups is 1. The highest BCUT2D eigenvalue weighted by molar-refractivity contribution is 9.10. The van der Waals surface area contributed by atoms with Crippen LogP contribution in [0.5, 0.6) is 0 Å². The molecule has 2 aromatic rings. The Morgan fingerprint density at radius 2 is 1.81 bits per heavy atom. The average Bonchev–Trinajstić information content (AvgIpc) is 2.81. The van der Waals surface area contributed by atoms with Crippen LogP contribution in [-0.4, -0.2) is 29.2 Å². The summed E-state index contributed by atoms with van der Waals surface area (Å²) in [6.45, 7) is 0.772. The Morgan fingerprint density at radius 3 is 2.46 bits per heavy atom. The lowest BCUT2D eigenvalue weighted by molar-refractivity contribution is -0.130. The van der Waals surface area contributed by atoms with Crippen LogP contribution in [0.4, 0.5) is 13.6 Å². The quantitative estimate of drug-likeness (QED) is 0.606. The minimum Gasteiger partial charge on any atom is -0.319 e. The molecule has 0 radical (unpaired) electrons. The van der Waals surface area contributed by atoms with Gasteiger partial charge >= 0.3 is 6.03 Å². The van der Waals surface area contributed by atoms with Crippen LogP contribution < -0.4 is 5.32 Å². The monoisotopic (exact) mass is 422 g/mol. The Hall–Kier alpha value is -2.61. The average molecular weight is 423 g/mol. The van der Waals surface area contributed by atoms with Gasteiger partial charge in [0.25, 0.3) is 5.91 Å². The fourth-order valence-corrected chi connectivity index (χ4v) is 3.04. The molecule has 0 saturated carbocycles. The van der Waals surface area contributed by atoms with Gasteiger partial charge < -0.3 is 5.32 Å². The first-order valence-corrected chi connectivity index (χ1v) is 8.40. The maximum Gasteiger partial charge on any atom is 0.325 e. The highest BCUT2D eigenvalue weighted by Gasteiger charge is 2.50. The van der Waals surface area contributed by atoms with Crippen molar-refractivity contribution in [3.63, 3.8) is 0 Å². The molecule has 2 aromatic carbocycles. The zero-order valence-electron chi connectivity index (χ0n) is 13.6. The summed E-state index contributed by atoms with van der Waals surface area (Å²) in [6.07, 6.45) is 0. The van der Waals surface area contributed by atoms with Crippen LogP contribution in [0.15, 0.2) is 46.9 Å². The molecule has 5 nitrogen and oxygen atoms in total. The van der Waals surface area contributed by atoms with Crippen LogP contribution in [0.1, 0.15) is 22.8 Å². The second-order valence-electron chi connectivity index (χ2n) is 6.00. The Morgan fingerprint density at radius 1 is 1.15 bits per heavy atom. The summed E-state index contributed by atoms with van der Waals surface area (Å²) in [4.78, 5) is 38.0. The lowest BCUT2D eigenvalue weighted by Crippen LogP contribution is -2.42. The molecule has 0 spiro atoms. The fraction of sp³-hybridized carbons (Fsp3) is 0.167. The van der Waals surface area contributed by atoms with Crippen molar-refractivity contribution in [2.24, 2.45) is 0 Å². The number of carbonyl (C=O) groups excluding carboxylic acids is 3. The van der Waals surface area contributed by atoms with Gasteiger partial charge in [0.15, 0.2) is 5.78 Å². The van der Waals surface area contributed by atoms with E-state index in [1.807, 2.05) is 0 Å². The minimum absolute atomic E-state index is 0.297. The third-order valence-corrected chi connectivity index (χ3v) is 4.74. The minimum atomic E-state index is -1.79. The van der Waals surface area contributed by atoms with E-state index < -0.39 is 41.4 Å². The highest BCUT2D eigenvalue weighted by atomic mass is 79.9. The summed E-state index contributed by atoms with van der Waals surface area (Å²) in [5.41, 5.74) is -1.77. The van der Waals surface area contributed by atoms with Crippen LogP contribution in [0.3, 0.4) is 0 Å². The lowest BCUT2D eigenvalue weighted by Gasteiger charge is -2.22. The number of rotatable bonds is 4. The van der Waals surface area contributed by atoms with E-state index in [1.165, 1.54) is 6.92 Å². The lowest BCUT2D eigenvalue weighted by atomic mass is 9.91. The van der Waals surface area contributed by atoms with Crippen molar-refractivity contribution >= 4 is 33.7 Å². The summed E-state index contributed by atoms with van der Waals surface area (Å²) in [5.74, 6) is -2.85. The van der Waals surface area contributed by atoms with Crippen molar-refractivity contribution in [2.75, 3.05) is 6.54 Å². The maximum absolute atomic E-state index is 14.1. The summed E-state index contributed by atoms with van der Waals surface area (Å²) in [5, 5.41) is 2.35. The van der Waals surface area contributed by atoms with Crippen molar-refractivity contribution in [1.29, 1.82) is 0 Å². The number of amides is 3. The molecule has 134 valence electrons. The van der Waals surface area contributed by atoms with E-state index >= 15 is 0 Å². The van der Waals surface area contributed by atoms with Crippen molar-refractivity contribution < 1.29 is 23.2 Å². The number of ketones is 1. The molecule has 0 bridgehead atoms. The van der Waals surface area contributed by atoms with E-state index in [9.17, 15) is 23.2 Å². The zero-order chi connectivity index (χ0) is 19.1. The van der Waals surface area contributed by atoms with Crippen LogP contribution in [0.2, 0.25) is 0 Å². The van der Waals surface area contributed by atoms with Crippen LogP contribution in [0, 0.1) is 11.6 Å². The van der Waals surface area contributed by atoms with Gasteiger partial charge in [0, 0.05) is 15.6 Å². The molecular weight excluding hydrogens is 410 g/mol. The first kappa shape index (κ1) is 18.2. The van der Waals surface area contributed by atoms with Gasteiger partial charge in [0.2, 0.25) is 0 Å². The molecule has 1 aliphatic rings. The Bertz CT molecular complexity index is 917. The number of hydrogen-bond donors (Lipinski definition) is 1. The molecule has 0 aromatic heterocycles. The van der Waals surface area contributed by atoms with E-state index in [1.54, 1.807) is 24.3 Å². The number of benzene rings is 2. The largest absolute Gasteiger partial charge is 0.325 e. The van der Waals surface area contributed by atoms with E-state index in [4.69, 9.17) is 0 Å². The zero-order valence-corrected chi connectivity index (χ0v) is 15.1. The van der Waals surface area contributed by atoms with Crippen molar-refractivity contribution in [2.45, 2.75) is 12.5 Å². The molecule has 1 fully saturated rings. The molecule has 1 saturated heterocycles. The van der Waals surface area contributed by atoms with Gasteiger partial charge in [-0.2, -0.15) is 0 Å². The molecule has 0 unspecified atom stereocenters. The van der Waals surface area contributed by atoms with Gasteiger partial charge in [-0.25, -0.2) is 13.6 Å². The normalized spacial score (nSPS) is 19.6. The molecule has 0 aliphatic carbocycles. The van der Waals surface area contributed by atoms with Crippen molar-refractivity contribution in [3.05, 3.63) is 69.7 Å². The summed E-state index contributed by atoms with van der Waals surface area (Å²) < 4.78 is 28.4. The number of hydrogen-bond acceptors (Lipinski definition) is 3. The third kappa shape index (κ3) is 3.12. The molecule has 8 heteroatoms. The van der Waals surface area contributed by atoms with Gasteiger partial charge in [-0.1, -0.05) is 28.1 Å². The molecule has 1 aliphatic heterocycles. The predicted octanol–water partition coefficient (Wildman–Crippen LogP) is 3.38. The van der Waals surface area contributed by atoms with Gasteiger partial charge in [-0.05, 0) is 37.3 Å². The number of nitrogens with one attached hydrogen (secondary N) is 1. The second-order valence-corrected chi connectivity index (χ2v) is 6.92. The SMILES string of the molecule is C[C@@]1(c2cc(F)ccc2F)NC(=O)N(CC(=O)c2ccc(Br)cc2)C1=O. The molecule has 26 heavy (non-hydrogen) atoms. The smallest absolute Gasteiger partial charge is 0.319 e. The topological polar surface area (TPSA) is 66.5 Å². The van der Waals surface area contributed by atoms with Gasteiger partial charge in [0.05, 0.1) is 6.54 Å². The molecule has 3 rings (SSSR count). The highest BCUT2D eigenvalue weighted by Crippen LogP contribution is 2.31. The number of Topliss-reactive ketones (excluding diaryl/α,β-unsaturated/α-hetero) is 1. The van der Waals surface area contributed by atoms with Crippen LogP contribution in [0.25, 0.3) is 0 Å². The predicted molar refractivity (Wildman–Crippen MR) is 92.4 cm³/mol. The standard InChI is InChI=1S/C18H13BrF2N2O3/c1-18(13-8-12(20)6-7-14(13)21)16(25)23(17(26)22-18)9-15(24)10-2-4-11(19)5-3-10/h2-8H,9H2,1H3,(H,22,26)/t18-/m0/s1. The van der Waals surface area contributed by atoms with Crippen LogP contribution >= 0.6 is 15.9 Å². The molecule has 1 heterocycles. The van der Waals surface area contributed by atoms with Gasteiger partial charge in [-0.3, -0.25) is 14.5 Å². The third-order valence-electron chi connectivity index (χ3n) is 4.21. The van der Waals surface area contributed by atoms with Gasteiger partial charge in [0.1, 0.15) is 17.2 Å².